The first-order chi connectivity index (χ1) is 14.5. The lowest BCUT2D eigenvalue weighted by atomic mass is 9.83. The maximum atomic E-state index is 12.5. The first kappa shape index (κ1) is 20.5. The first-order valence-electron chi connectivity index (χ1n) is 10.6. The van der Waals surface area contributed by atoms with Gasteiger partial charge < -0.3 is 15.0 Å². The van der Waals surface area contributed by atoms with Crippen LogP contribution in [0.3, 0.4) is 0 Å². The minimum Gasteiger partial charge on any atom is -0.368 e. The SMILES string of the molecule is CC(C)C(=O)NCC(=O)N1CCC2(CC1)OCCc1cnc(-c3ccccc3)nc12. The quantitative estimate of drug-likeness (QED) is 0.839. The zero-order chi connectivity index (χ0) is 21.1. The number of carbonyl (C=O) groups excluding carboxylic acids is 2. The van der Waals surface area contributed by atoms with Crippen LogP contribution in [0, 0.1) is 5.92 Å². The van der Waals surface area contributed by atoms with Crippen LogP contribution in [-0.4, -0.2) is 52.9 Å². The molecule has 1 aromatic carbocycles. The Balaban J connectivity index is 1.48. The topological polar surface area (TPSA) is 84.4 Å². The number of nitrogens with zero attached hydrogens (tertiary/aromatic N) is 3. The molecule has 158 valence electrons. The van der Waals surface area contributed by atoms with E-state index in [1.54, 1.807) is 0 Å². The molecule has 0 unspecified atom stereocenters. The Morgan fingerprint density at radius 2 is 1.93 bits per heavy atom. The summed E-state index contributed by atoms with van der Waals surface area (Å²) < 4.78 is 6.28. The van der Waals surface area contributed by atoms with Crippen LogP contribution in [0.15, 0.2) is 36.5 Å². The zero-order valence-electron chi connectivity index (χ0n) is 17.6. The van der Waals surface area contributed by atoms with E-state index in [4.69, 9.17) is 9.72 Å². The number of amides is 2. The van der Waals surface area contributed by atoms with E-state index in [1.165, 1.54) is 0 Å². The highest BCUT2D eigenvalue weighted by Gasteiger charge is 2.43. The Hall–Kier alpha value is -2.80. The van der Waals surface area contributed by atoms with Gasteiger partial charge in [-0.3, -0.25) is 9.59 Å². The minimum atomic E-state index is -0.474. The molecule has 2 aliphatic rings. The van der Waals surface area contributed by atoms with Gasteiger partial charge in [0.15, 0.2) is 5.82 Å². The van der Waals surface area contributed by atoms with E-state index in [2.05, 4.69) is 10.3 Å². The molecule has 3 heterocycles. The first-order valence-corrected chi connectivity index (χ1v) is 10.6. The number of benzene rings is 1. The van der Waals surface area contributed by atoms with Gasteiger partial charge in [0.2, 0.25) is 11.8 Å². The van der Waals surface area contributed by atoms with Gasteiger partial charge in [0, 0.05) is 30.8 Å². The summed E-state index contributed by atoms with van der Waals surface area (Å²) in [7, 11) is 0. The van der Waals surface area contributed by atoms with Crippen LogP contribution >= 0.6 is 0 Å². The summed E-state index contributed by atoms with van der Waals surface area (Å²) in [4.78, 5) is 35.6. The molecular formula is C23H28N4O3. The van der Waals surface area contributed by atoms with Crippen molar-refractivity contribution >= 4 is 11.8 Å². The molecule has 30 heavy (non-hydrogen) atoms. The number of fused-ring (bicyclic) bond motifs is 2. The van der Waals surface area contributed by atoms with E-state index >= 15 is 0 Å². The van der Waals surface area contributed by atoms with Crippen LogP contribution in [0.5, 0.6) is 0 Å². The third kappa shape index (κ3) is 4.07. The van der Waals surface area contributed by atoms with Crippen molar-refractivity contribution in [2.45, 2.75) is 38.7 Å². The summed E-state index contributed by atoms with van der Waals surface area (Å²) in [5.41, 5.74) is 2.60. The van der Waals surface area contributed by atoms with Crippen LogP contribution < -0.4 is 5.32 Å². The number of carbonyl (C=O) groups is 2. The predicted octanol–water partition coefficient (Wildman–Crippen LogP) is 2.31. The van der Waals surface area contributed by atoms with Crippen molar-refractivity contribution in [3.05, 3.63) is 47.8 Å². The van der Waals surface area contributed by atoms with E-state index in [-0.39, 0.29) is 24.3 Å². The lowest BCUT2D eigenvalue weighted by Gasteiger charge is -2.44. The second kappa shape index (κ2) is 8.52. The lowest BCUT2D eigenvalue weighted by Crippen LogP contribution is -2.51. The highest BCUT2D eigenvalue weighted by atomic mass is 16.5. The average Bonchev–Trinajstić information content (AvgIpc) is 2.78. The maximum absolute atomic E-state index is 12.5. The normalized spacial score (nSPS) is 17.6. The molecule has 1 aromatic heterocycles. The van der Waals surface area contributed by atoms with Gasteiger partial charge >= 0.3 is 0 Å². The molecule has 0 radical (unpaired) electrons. The van der Waals surface area contributed by atoms with Crippen molar-refractivity contribution < 1.29 is 14.3 Å². The fourth-order valence-corrected chi connectivity index (χ4v) is 4.11. The van der Waals surface area contributed by atoms with Gasteiger partial charge in [-0.05, 0) is 24.8 Å². The molecule has 1 N–H and O–H groups in total. The van der Waals surface area contributed by atoms with Gasteiger partial charge in [-0.15, -0.1) is 0 Å². The molecule has 0 bridgehead atoms. The number of rotatable bonds is 4. The number of hydrogen-bond donors (Lipinski definition) is 1. The van der Waals surface area contributed by atoms with Gasteiger partial charge in [-0.2, -0.15) is 0 Å². The Morgan fingerprint density at radius 3 is 2.63 bits per heavy atom. The van der Waals surface area contributed by atoms with E-state index in [0.717, 1.165) is 23.2 Å². The summed E-state index contributed by atoms with van der Waals surface area (Å²) in [5, 5.41) is 2.71. The largest absolute Gasteiger partial charge is 0.368 e. The van der Waals surface area contributed by atoms with Gasteiger partial charge in [0.05, 0.1) is 18.8 Å². The Kier molecular flexibility index (Phi) is 5.81. The molecule has 7 heteroatoms. The fourth-order valence-electron chi connectivity index (χ4n) is 4.11. The molecule has 2 amide bonds. The van der Waals surface area contributed by atoms with Crippen molar-refractivity contribution in [2.75, 3.05) is 26.2 Å². The van der Waals surface area contributed by atoms with Crippen molar-refractivity contribution in [1.29, 1.82) is 0 Å². The van der Waals surface area contributed by atoms with Crippen molar-refractivity contribution in [1.82, 2.24) is 20.2 Å². The van der Waals surface area contributed by atoms with Crippen LogP contribution in [0.1, 0.15) is 37.9 Å². The highest BCUT2D eigenvalue weighted by molar-refractivity contribution is 5.85. The Labute approximate surface area is 176 Å². The standard InChI is InChI=1S/C23H28N4O3/c1-16(2)22(29)25-15-19(28)27-11-9-23(10-12-27)20-18(8-13-30-23)14-24-21(26-20)17-6-4-3-5-7-17/h3-7,14,16H,8-13,15H2,1-2H3,(H,25,29). The number of aromatic nitrogens is 2. The second-order valence-electron chi connectivity index (χ2n) is 8.28. The van der Waals surface area contributed by atoms with Gasteiger partial charge in [-0.1, -0.05) is 44.2 Å². The summed E-state index contributed by atoms with van der Waals surface area (Å²) in [6.07, 6.45) is 4.11. The molecule has 2 aliphatic heterocycles. The maximum Gasteiger partial charge on any atom is 0.241 e. The third-order valence-corrected chi connectivity index (χ3v) is 5.94. The van der Waals surface area contributed by atoms with E-state index in [0.29, 0.717) is 38.4 Å². The zero-order valence-corrected chi connectivity index (χ0v) is 17.6. The molecule has 7 nitrogen and oxygen atoms in total. The Morgan fingerprint density at radius 1 is 1.20 bits per heavy atom. The molecule has 4 rings (SSSR count). The second-order valence-corrected chi connectivity index (χ2v) is 8.28. The summed E-state index contributed by atoms with van der Waals surface area (Å²) >= 11 is 0. The van der Waals surface area contributed by atoms with Crippen molar-refractivity contribution in [3.8, 4) is 11.4 Å². The Bertz CT molecular complexity index is 921. The molecule has 0 atom stereocenters. The number of ether oxygens (including phenoxy) is 1. The van der Waals surface area contributed by atoms with E-state index in [9.17, 15) is 9.59 Å². The number of nitrogens with one attached hydrogen (secondary N) is 1. The summed E-state index contributed by atoms with van der Waals surface area (Å²) in [6.45, 7) is 5.48. The van der Waals surface area contributed by atoms with Crippen LogP contribution in [-0.2, 0) is 26.3 Å². The van der Waals surface area contributed by atoms with Crippen LogP contribution in [0.4, 0.5) is 0 Å². The van der Waals surface area contributed by atoms with Crippen LogP contribution in [0.25, 0.3) is 11.4 Å². The molecule has 2 aromatic rings. The smallest absolute Gasteiger partial charge is 0.241 e. The summed E-state index contributed by atoms with van der Waals surface area (Å²) in [6, 6.07) is 9.94. The van der Waals surface area contributed by atoms with Gasteiger partial charge in [-0.25, -0.2) is 9.97 Å². The number of hydrogen-bond acceptors (Lipinski definition) is 5. The highest BCUT2D eigenvalue weighted by Crippen LogP contribution is 2.40. The number of likely N-dealkylation sites (tertiary alicyclic amines) is 1. The molecule has 0 aliphatic carbocycles. The summed E-state index contributed by atoms with van der Waals surface area (Å²) in [5.74, 6) is 0.413. The predicted molar refractivity (Wildman–Crippen MR) is 112 cm³/mol. The molecule has 1 spiro atoms. The van der Waals surface area contributed by atoms with E-state index in [1.807, 2.05) is 55.3 Å². The molecule has 1 saturated heterocycles. The number of piperidine rings is 1. The molecule has 1 fully saturated rings. The average molecular weight is 409 g/mol. The van der Waals surface area contributed by atoms with Crippen molar-refractivity contribution in [2.24, 2.45) is 5.92 Å². The van der Waals surface area contributed by atoms with Crippen LogP contribution in [0.2, 0.25) is 0 Å². The van der Waals surface area contributed by atoms with Crippen molar-refractivity contribution in [3.63, 3.8) is 0 Å². The molecular weight excluding hydrogens is 380 g/mol. The van der Waals surface area contributed by atoms with Gasteiger partial charge in [0.1, 0.15) is 5.60 Å². The third-order valence-electron chi connectivity index (χ3n) is 5.94. The fraction of sp³-hybridized carbons (Fsp3) is 0.478. The van der Waals surface area contributed by atoms with Gasteiger partial charge in [0.25, 0.3) is 0 Å². The lowest BCUT2D eigenvalue weighted by molar-refractivity contribution is -0.142. The molecule has 0 saturated carbocycles. The van der Waals surface area contributed by atoms with E-state index < -0.39 is 5.60 Å². The minimum absolute atomic E-state index is 0.0434. The monoisotopic (exact) mass is 408 g/mol.